The van der Waals surface area contributed by atoms with Crippen LogP contribution in [0.3, 0.4) is 0 Å². The maximum atomic E-state index is 13.4. The Morgan fingerprint density at radius 1 is 1.29 bits per heavy atom. The molecule has 7 nitrogen and oxygen atoms in total. The molecule has 2 heterocycles. The Balaban J connectivity index is 1.76. The molecule has 1 aromatic carbocycles. The number of hydrogen-bond acceptors (Lipinski definition) is 5. The lowest BCUT2D eigenvalue weighted by Gasteiger charge is -2.31. The normalized spacial score (nSPS) is 16.1. The van der Waals surface area contributed by atoms with Gasteiger partial charge in [0.15, 0.2) is 6.10 Å². The number of carbonyl (C=O) groups is 1. The first-order chi connectivity index (χ1) is 13.6. The molecule has 0 radical (unpaired) electrons. The third-order valence-corrected chi connectivity index (χ3v) is 5.12. The molecule has 7 heteroatoms. The molecule has 0 saturated carbocycles. The zero-order chi connectivity index (χ0) is 19.9. The molecule has 1 saturated heterocycles. The molecule has 1 amide bonds. The monoisotopic (exact) mass is 386 g/mol. The number of methoxy groups -OCH3 is 1. The number of nitrogens with zero attached hydrogens (tertiary/aromatic N) is 4. The smallest absolute Gasteiger partial charge is 0.256 e. The van der Waals surface area contributed by atoms with Gasteiger partial charge in [0.1, 0.15) is 0 Å². The first kappa shape index (κ1) is 20.5. The van der Waals surface area contributed by atoms with Crippen LogP contribution in [-0.4, -0.2) is 72.0 Å². The number of morpholine rings is 1. The lowest BCUT2D eigenvalue weighted by atomic mass is 10.1. The van der Waals surface area contributed by atoms with Crippen LogP contribution in [0.5, 0.6) is 0 Å². The summed E-state index contributed by atoms with van der Waals surface area (Å²) in [6, 6.07) is 11.7. The number of amides is 1. The van der Waals surface area contributed by atoms with Crippen LogP contribution >= 0.6 is 0 Å². The van der Waals surface area contributed by atoms with Crippen molar-refractivity contribution in [2.45, 2.75) is 19.6 Å². The standard InChI is InChI=1S/C21H30N4O3/c1-17-15-19(23(2)22-17)16-25(10-9-24-11-13-28-14-12-24)21(26)20(27-3)18-7-5-4-6-8-18/h4-8,15,20H,9-14,16H2,1-3H3/t20-/m0/s1. The molecule has 1 aromatic heterocycles. The van der Waals surface area contributed by atoms with E-state index < -0.39 is 6.10 Å². The maximum Gasteiger partial charge on any atom is 0.256 e. The van der Waals surface area contributed by atoms with Crippen LogP contribution in [0.15, 0.2) is 36.4 Å². The highest BCUT2D eigenvalue weighted by atomic mass is 16.5. The van der Waals surface area contributed by atoms with E-state index >= 15 is 0 Å². The molecule has 0 aliphatic carbocycles. The van der Waals surface area contributed by atoms with Crippen molar-refractivity contribution in [2.75, 3.05) is 46.5 Å². The number of hydrogen-bond donors (Lipinski definition) is 0. The Bertz CT molecular complexity index is 756. The van der Waals surface area contributed by atoms with E-state index in [0.717, 1.165) is 49.8 Å². The highest BCUT2D eigenvalue weighted by molar-refractivity contribution is 5.82. The first-order valence-electron chi connectivity index (χ1n) is 9.74. The summed E-state index contributed by atoms with van der Waals surface area (Å²) in [7, 11) is 3.50. The predicted octanol–water partition coefficient (Wildman–Crippen LogP) is 1.78. The van der Waals surface area contributed by atoms with Crippen LogP contribution in [-0.2, 0) is 27.9 Å². The Kier molecular flexibility index (Phi) is 7.19. The third-order valence-electron chi connectivity index (χ3n) is 5.12. The van der Waals surface area contributed by atoms with Crippen LogP contribution < -0.4 is 0 Å². The molecular formula is C21H30N4O3. The van der Waals surface area contributed by atoms with Crippen molar-refractivity contribution in [1.82, 2.24) is 19.6 Å². The second-order valence-corrected chi connectivity index (χ2v) is 7.14. The van der Waals surface area contributed by atoms with Crippen molar-refractivity contribution in [3.63, 3.8) is 0 Å². The SMILES string of the molecule is CO[C@H](C(=O)N(CCN1CCOCC1)Cc1cc(C)nn1C)c1ccccc1. The van der Waals surface area contributed by atoms with Crippen molar-refractivity contribution in [3.8, 4) is 0 Å². The van der Waals surface area contributed by atoms with Crippen molar-refractivity contribution >= 4 is 5.91 Å². The summed E-state index contributed by atoms with van der Waals surface area (Å²) in [6.07, 6.45) is -0.611. The van der Waals surface area contributed by atoms with Gasteiger partial charge >= 0.3 is 0 Å². The summed E-state index contributed by atoms with van der Waals surface area (Å²) in [4.78, 5) is 17.6. The minimum absolute atomic E-state index is 0.0270. The number of benzene rings is 1. The summed E-state index contributed by atoms with van der Waals surface area (Å²) < 4.78 is 12.9. The summed E-state index contributed by atoms with van der Waals surface area (Å²) >= 11 is 0. The zero-order valence-corrected chi connectivity index (χ0v) is 17.0. The molecule has 0 bridgehead atoms. The van der Waals surface area contributed by atoms with E-state index in [-0.39, 0.29) is 5.91 Å². The molecule has 0 spiro atoms. The fourth-order valence-electron chi connectivity index (χ4n) is 3.53. The molecule has 1 aliphatic heterocycles. The number of ether oxygens (including phenoxy) is 2. The van der Waals surface area contributed by atoms with Crippen LogP contribution in [0.1, 0.15) is 23.1 Å². The van der Waals surface area contributed by atoms with Gasteiger partial charge in [-0.3, -0.25) is 14.4 Å². The fourth-order valence-corrected chi connectivity index (χ4v) is 3.53. The lowest BCUT2D eigenvalue weighted by Crippen LogP contribution is -2.44. The maximum absolute atomic E-state index is 13.4. The van der Waals surface area contributed by atoms with Gasteiger partial charge < -0.3 is 14.4 Å². The highest BCUT2D eigenvalue weighted by Crippen LogP contribution is 2.21. The van der Waals surface area contributed by atoms with Crippen LogP contribution in [0.2, 0.25) is 0 Å². The van der Waals surface area contributed by atoms with E-state index in [9.17, 15) is 4.79 Å². The molecule has 3 rings (SSSR count). The first-order valence-corrected chi connectivity index (χ1v) is 9.74. The van der Waals surface area contributed by atoms with Crippen molar-refractivity contribution in [2.24, 2.45) is 7.05 Å². The molecule has 1 aliphatic rings. The molecular weight excluding hydrogens is 356 g/mol. The van der Waals surface area contributed by atoms with Gasteiger partial charge in [-0.05, 0) is 18.6 Å². The molecule has 0 N–H and O–H groups in total. The average Bonchev–Trinajstić information content (AvgIpc) is 3.04. The van der Waals surface area contributed by atoms with Gasteiger partial charge in [0.2, 0.25) is 0 Å². The van der Waals surface area contributed by atoms with Crippen molar-refractivity contribution < 1.29 is 14.3 Å². The van der Waals surface area contributed by atoms with E-state index in [1.807, 2.05) is 60.0 Å². The molecule has 1 fully saturated rings. The van der Waals surface area contributed by atoms with E-state index in [0.29, 0.717) is 13.1 Å². The lowest BCUT2D eigenvalue weighted by molar-refractivity contribution is -0.143. The van der Waals surface area contributed by atoms with Gasteiger partial charge in [-0.1, -0.05) is 30.3 Å². The fraction of sp³-hybridized carbons (Fsp3) is 0.524. The number of aryl methyl sites for hydroxylation is 2. The van der Waals surface area contributed by atoms with Crippen LogP contribution in [0, 0.1) is 6.92 Å². The van der Waals surface area contributed by atoms with Crippen LogP contribution in [0.4, 0.5) is 0 Å². The van der Waals surface area contributed by atoms with Gasteiger partial charge in [-0.2, -0.15) is 5.10 Å². The van der Waals surface area contributed by atoms with Gasteiger partial charge in [0, 0.05) is 40.3 Å². The number of aromatic nitrogens is 2. The summed E-state index contributed by atoms with van der Waals surface area (Å²) in [5.74, 6) is -0.0270. The van der Waals surface area contributed by atoms with E-state index in [4.69, 9.17) is 9.47 Å². The Hall–Kier alpha value is -2.22. The van der Waals surface area contributed by atoms with Crippen LogP contribution in [0.25, 0.3) is 0 Å². The van der Waals surface area contributed by atoms with Crippen molar-refractivity contribution in [3.05, 3.63) is 53.3 Å². The largest absolute Gasteiger partial charge is 0.379 e. The van der Waals surface area contributed by atoms with E-state index in [2.05, 4.69) is 10.00 Å². The number of carbonyl (C=O) groups excluding carboxylic acids is 1. The molecule has 0 unspecified atom stereocenters. The second kappa shape index (κ2) is 9.82. The van der Waals surface area contributed by atoms with Gasteiger partial charge in [0.05, 0.1) is 31.1 Å². The van der Waals surface area contributed by atoms with E-state index in [1.54, 1.807) is 7.11 Å². The quantitative estimate of drug-likeness (QED) is 0.692. The Morgan fingerprint density at radius 2 is 2.00 bits per heavy atom. The van der Waals surface area contributed by atoms with Crippen molar-refractivity contribution in [1.29, 1.82) is 0 Å². The van der Waals surface area contributed by atoms with E-state index in [1.165, 1.54) is 0 Å². The Morgan fingerprint density at radius 3 is 2.61 bits per heavy atom. The summed E-state index contributed by atoms with van der Waals surface area (Å²) in [5.41, 5.74) is 2.83. The van der Waals surface area contributed by atoms with Gasteiger partial charge in [0.25, 0.3) is 5.91 Å². The molecule has 28 heavy (non-hydrogen) atoms. The highest BCUT2D eigenvalue weighted by Gasteiger charge is 2.27. The second-order valence-electron chi connectivity index (χ2n) is 7.14. The Labute approximate surface area is 166 Å². The molecule has 1 atom stereocenters. The predicted molar refractivity (Wildman–Crippen MR) is 107 cm³/mol. The topological polar surface area (TPSA) is 59.8 Å². The minimum Gasteiger partial charge on any atom is -0.379 e. The minimum atomic E-state index is -0.611. The van der Waals surface area contributed by atoms with Gasteiger partial charge in [-0.25, -0.2) is 0 Å². The zero-order valence-electron chi connectivity index (χ0n) is 17.0. The van der Waals surface area contributed by atoms with Gasteiger partial charge in [-0.15, -0.1) is 0 Å². The average molecular weight is 386 g/mol. The molecule has 152 valence electrons. The molecule has 2 aromatic rings. The third kappa shape index (κ3) is 5.19. The number of rotatable bonds is 8. The summed E-state index contributed by atoms with van der Waals surface area (Å²) in [6.45, 7) is 7.23. The summed E-state index contributed by atoms with van der Waals surface area (Å²) in [5, 5.41) is 4.42.